The molecule has 0 fully saturated rings. The van der Waals surface area contributed by atoms with Gasteiger partial charge in [0.2, 0.25) is 0 Å². The number of hydrogen-bond acceptors (Lipinski definition) is 2. The Balaban J connectivity index is 0.000000336. The number of hydrogen-bond donors (Lipinski definition) is 1. The van der Waals surface area contributed by atoms with Gasteiger partial charge in [-0.25, -0.2) is 0 Å². The average molecular weight is 164 g/mol. The molecule has 12 heavy (non-hydrogen) atoms. The minimum atomic E-state index is 0.989. The maximum Gasteiger partial charge on any atom is 0.0315 e. The third-order valence-electron chi connectivity index (χ3n) is 1.89. The van der Waals surface area contributed by atoms with E-state index in [0.717, 1.165) is 19.5 Å². The number of pyridine rings is 1. The summed E-state index contributed by atoms with van der Waals surface area (Å²) in [5, 5.41) is 3.30. The van der Waals surface area contributed by atoms with Gasteiger partial charge in [-0.05, 0) is 30.2 Å². The van der Waals surface area contributed by atoms with Crippen molar-refractivity contribution in [2.24, 2.45) is 0 Å². The summed E-state index contributed by atoms with van der Waals surface area (Å²) in [6.07, 6.45) is 4.96. The summed E-state index contributed by atoms with van der Waals surface area (Å²) < 4.78 is 0. The fourth-order valence-corrected chi connectivity index (χ4v) is 1.31. The molecule has 2 heteroatoms. The standard InChI is InChI=1S/C8H10N2.C2H6/c1-3-9-5-8-6-10-4-2-7(1)8;1-2/h1,3,5,10H,2,4,6H2;1-2H3. The summed E-state index contributed by atoms with van der Waals surface area (Å²) in [6, 6.07) is 2.11. The van der Waals surface area contributed by atoms with E-state index < -0.39 is 0 Å². The number of nitrogens with zero attached hydrogens (tertiary/aromatic N) is 1. The van der Waals surface area contributed by atoms with Crippen molar-refractivity contribution in [2.75, 3.05) is 6.54 Å². The predicted molar refractivity (Wildman–Crippen MR) is 51.0 cm³/mol. The monoisotopic (exact) mass is 164 g/mol. The van der Waals surface area contributed by atoms with Crippen LogP contribution in [-0.2, 0) is 13.0 Å². The van der Waals surface area contributed by atoms with Crippen LogP contribution < -0.4 is 5.32 Å². The lowest BCUT2D eigenvalue weighted by molar-refractivity contribution is 0.641. The van der Waals surface area contributed by atoms with Gasteiger partial charge in [0.15, 0.2) is 0 Å². The average Bonchev–Trinajstić information content (AvgIpc) is 2.21. The van der Waals surface area contributed by atoms with Gasteiger partial charge in [-0.15, -0.1) is 0 Å². The lowest BCUT2D eigenvalue weighted by Crippen LogP contribution is -2.23. The van der Waals surface area contributed by atoms with Crippen LogP contribution in [0.2, 0.25) is 0 Å². The summed E-state index contributed by atoms with van der Waals surface area (Å²) >= 11 is 0. The quantitative estimate of drug-likeness (QED) is 0.632. The van der Waals surface area contributed by atoms with E-state index in [1.165, 1.54) is 11.1 Å². The molecule has 66 valence electrons. The fourth-order valence-electron chi connectivity index (χ4n) is 1.31. The van der Waals surface area contributed by atoms with Crippen LogP contribution in [-0.4, -0.2) is 11.5 Å². The molecule has 0 aromatic carbocycles. The van der Waals surface area contributed by atoms with E-state index in [1.54, 1.807) is 0 Å². The van der Waals surface area contributed by atoms with Crippen LogP contribution in [0.25, 0.3) is 0 Å². The van der Waals surface area contributed by atoms with Crippen LogP contribution in [0.1, 0.15) is 25.0 Å². The minimum Gasteiger partial charge on any atom is -0.312 e. The van der Waals surface area contributed by atoms with Gasteiger partial charge in [0.1, 0.15) is 0 Å². The summed E-state index contributed by atoms with van der Waals surface area (Å²) in [5.41, 5.74) is 2.81. The Morgan fingerprint density at radius 2 is 2.17 bits per heavy atom. The minimum absolute atomic E-state index is 0.989. The highest BCUT2D eigenvalue weighted by Crippen LogP contribution is 2.10. The molecule has 0 atom stereocenters. The zero-order valence-corrected chi connectivity index (χ0v) is 7.80. The molecular weight excluding hydrogens is 148 g/mol. The van der Waals surface area contributed by atoms with Crippen LogP contribution in [0.4, 0.5) is 0 Å². The molecule has 0 saturated heterocycles. The maximum absolute atomic E-state index is 4.06. The van der Waals surface area contributed by atoms with E-state index in [0.29, 0.717) is 0 Å². The first kappa shape index (κ1) is 9.20. The molecule has 0 amide bonds. The zero-order chi connectivity index (χ0) is 8.81. The highest BCUT2D eigenvalue weighted by molar-refractivity contribution is 5.25. The highest BCUT2D eigenvalue weighted by Gasteiger charge is 2.05. The number of fused-ring (bicyclic) bond motifs is 1. The largest absolute Gasteiger partial charge is 0.312 e. The van der Waals surface area contributed by atoms with Gasteiger partial charge >= 0.3 is 0 Å². The van der Waals surface area contributed by atoms with Crippen molar-refractivity contribution in [3.05, 3.63) is 29.6 Å². The van der Waals surface area contributed by atoms with Crippen LogP contribution in [0.3, 0.4) is 0 Å². The number of nitrogens with one attached hydrogen (secondary N) is 1. The Morgan fingerprint density at radius 3 is 2.92 bits per heavy atom. The van der Waals surface area contributed by atoms with E-state index in [2.05, 4.69) is 16.4 Å². The van der Waals surface area contributed by atoms with E-state index in [9.17, 15) is 0 Å². The van der Waals surface area contributed by atoms with Gasteiger partial charge in [-0.2, -0.15) is 0 Å². The van der Waals surface area contributed by atoms with Crippen molar-refractivity contribution < 1.29 is 0 Å². The molecule has 1 aliphatic heterocycles. The Bertz CT molecular complexity index is 208. The molecule has 0 aliphatic carbocycles. The molecule has 2 rings (SSSR count). The van der Waals surface area contributed by atoms with Crippen LogP contribution in [0, 0.1) is 0 Å². The lowest BCUT2D eigenvalue weighted by Gasteiger charge is -2.15. The second-order valence-electron chi connectivity index (χ2n) is 2.57. The molecule has 0 saturated carbocycles. The predicted octanol–water partition coefficient (Wildman–Crippen LogP) is 1.75. The van der Waals surface area contributed by atoms with E-state index in [-0.39, 0.29) is 0 Å². The Morgan fingerprint density at radius 1 is 1.33 bits per heavy atom. The van der Waals surface area contributed by atoms with Gasteiger partial charge in [-0.3, -0.25) is 4.98 Å². The van der Waals surface area contributed by atoms with E-state index in [4.69, 9.17) is 0 Å². The smallest absolute Gasteiger partial charge is 0.0315 e. The Kier molecular flexibility index (Phi) is 3.74. The summed E-state index contributed by atoms with van der Waals surface area (Å²) in [7, 11) is 0. The van der Waals surface area contributed by atoms with E-state index in [1.807, 2.05) is 26.2 Å². The maximum atomic E-state index is 4.06. The zero-order valence-electron chi connectivity index (χ0n) is 7.80. The first-order valence-corrected chi connectivity index (χ1v) is 4.59. The lowest BCUT2D eigenvalue weighted by atomic mass is 10.0. The summed E-state index contributed by atoms with van der Waals surface area (Å²) in [6.45, 7) is 6.10. The molecule has 2 heterocycles. The second kappa shape index (κ2) is 4.88. The molecule has 1 N–H and O–H groups in total. The molecule has 1 aromatic heterocycles. The SMILES string of the molecule is CC.c1cc2c(cn1)CNCC2. The van der Waals surface area contributed by atoms with Crippen molar-refractivity contribution in [3.8, 4) is 0 Å². The van der Waals surface area contributed by atoms with Crippen LogP contribution >= 0.6 is 0 Å². The molecule has 0 radical (unpaired) electrons. The molecule has 2 nitrogen and oxygen atoms in total. The molecule has 0 bridgehead atoms. The molecular formula is C10H16N2. The van der Waals surface area contributed by atoms with E-state index >= 15 is 0 Å². The fraction of sp³-hybridized carbons (Fsp3) is 0.500. The van der Waals surface area contributed by atoms with Gasteiger partial charge in [0.05, 0.1) is 0 Å². The highest BCUT2D eigenvalue weighted by atomic mass is 14.9. The van der Waals surface area contributed by atoms with Gasteiger partial charge < -0.3 is 5.32 Å². The van der Waals surface area contributed by atoms with Gasteiger partial charge in [0, 0.05) is 18.9 Å². The van der Waals surface area contributed by atoms with Crippen LogP contribution in [0.15, 0.2) is 18.5 Å². The van der Waals surface area contributed by atoms with Crippen molar-refractivity contribution in [3.63, 3.8) is 0 Å². The summed E-state index contributed by atoms with van der Waals surface area (Å²) in [5.74, 6) is 0. The molecule has 0 spiro atoms. The molecule has 1 aliphatic rings. The third kappa shape index (κ3) is 2.05. The van der Waals surface area contributed by atoms with Crippen molar-refractivity contribution in [1.29, 1.82) is 0 Å². The second-order valence-corrected chi connectivity index (χ2v) is 2.57. The number of rotatable bonds is 0. The van der Waals surface area contributed by atoms with Crippen molar-refractivity contribution in [2.45, 2.75) is 26.8 Å². The van der Waals surface area contributed by atoms with Gasteiger partial charge in [0.25, 0.3) is 0 Å². The Hall–Kier alpha value is -0.890. The van der Waals surface area contributed by atoms with Crippen LogP contribution in [0.5, 0.6) is 0 Å². The number of aromatic nitrogens is 1. The van der Waals surface area contributed by atoms with Crippen molar-refractivity contribution in [1.82, 2.24) is 10.3 Å². The first-order chi connectivity index (χ1) is 5.97. The first-order valence-electron chi connectivity index (χ1n) is 4.59. The third-order valence-corrected chi connectivity index (χ3v) is 1.89. The van der Waals surface area contributed by atoms with Crippen molar-refractivity contribution >= 4 is 0 Å². The topological polar surface area (TPSA) is 24.9 Å². The molecule has 1 aromatic rings. The molecule has 0 unspecified atom stereocenters. The summed E-state index contributed by atoms with van der Waals surface area (Å²) in [4.78, 5) is 4.06. The van der Waals surface area contributed by atoms with Gasteiger partial charge in [-0.1, -0.05) is 13.8 Å². The Labute approximate surface area is 74.0 Å². The normalized spacial score (nSPS) is 14.2.